The van der Waals surface area contributed by atoms with Gasteiger partial charge in [-0.2, -0.15) is 0 Å². The van der Waals surface area contributed by atoms with E-state index in [-0.39, 0.29) is 17.6 Å². The molecule has 0 amide bonds. The number of ether oxygens (including phenoxy) is 1. The first-order valence-corrected chi connectivity index (χ1v) is 6.70. The van der Waals surface area contributed by atoms with E-state index in [1.54, 1.807) is 6.07 Å². The lowest BCUT2D eigenvalue weighted by atomic mass is 10.0. The maximum atomic E-state index is 13.6. The zero-order valence-electron chi connectivity index (χ0n) is 12.3. The zero-order chi connectivity index (χ0) is 14.4. The summed E-state index contributed by atoms with van der Waals surface area (Å²) in [6.07, 6.45) is 0.951. The number of benzene rings is 1. The number of hydrogen-bond acceptors (Lipinski definition) is 3. The first-order chi connectivity index (χ1) is 8.93. The Bertz CT molecular complexity index is 396. The van der Waals surface area contributed by atoms with Crippen molar-refractivity contribution in [2.24, 2.45) is 11.7 Å². The second kappa shape index (κ2) is 7.46. The van der Waals surface area contributed by atoms with Crippen molar-refractivity contribution in [2.75, 3.05) is 20.7 Å². The highest BCUT2D eigenvalue weighted by molar-refractivity contribution is 5.29. The molecule has 1 aromatic rings. The van der Waals surface area contributed by atoms with E-state index in [4.69, 9.17) is 10.5 Å². The summed E-state index contributed by atoms with van der Waals surface area (Å²) in [5, 5.41) is 0. The van der Waals surface area contributed by atoms with Crippen LogP contribution in [0.25, 0.3) is 0 Å². The van der Waals surface area contributed by atoms with Crippen LogP contribution in [0.15, 0.2) is 18.2 Å². The predicted octanol–water partition coefficient (Wildman–Crippen LogP) is 2.64. The quantitative estimate of drug-likeness (QED) is 0.826. The Morgan fingerprint density at radius 1 is 1.37 bits per heavy atom. The molecule has 1 unspecified atom stereocenters. The van der Waals surface area contributed by atoms with Crippen LogP contribution in [0.4, 0.5) is 4.39 Å². The molecule has 0 radical (unpaired) electrons. The molecule has 2 N–H and O–H groups in total. The van der Waals surface area contributed by atoms with Gasteiger partial charge in [0.25, 0.3) is 0 Å². The lowest BCUT2D eigenvalue weighted by molar-refractivity contribution is 0.295. The van der Waals surface area contributed by atoms with Gasteiger partial charge in [-0.1, -0.05) is 19.9 Å². The molecule has 1 rings (SSSR count). The summed E-state index contributed by atoms with van der Waals surface area (Å²) in [6, 6.07) is 5.30. The highest BCUT2D eigenvalue weighted by Crippen LogP contribution is 2.18. The fourth-order valence-corrected chi connectivity index (χ4v) is 1.90. The lowest BCUT2D eigenvalue weighted by Gasteiger charge is -2.21. The highest BCUT2D eigenvalue weighted by Gasteiger charge is 2.10. The fraction of sp³-hybridized carbons (Fsp3) is 0.600. The summed E-state index contributed by atoms with van der Waals surface area (Å²) >= 11 is 0. The van der Waals surface area contributed by atoms with Crippen molar-refractivity contribution in [3.8, 4) is 5.75 Å². The lowest BCUT2D eigenvalue weighted by Crippen LogP contribution is -2.31. The molecule has 0 aromatic heterocycles. The summed E-state index contributed by atoms with van der Waals surface area (Å²) in [7, 11) is 3.49. The molecule has 0 aliphatic rings. The molecule has 0 aliphatic carbocycles. The average molecular weight is 268 g/mol. The molecule has 1 atom stereocenters. The minimum Gasteiger partial charge on any atom is -0.494 e. The third-order valence-corrected chi connectivity index (χ3v) is 3.37. The molecule has 19 heavy (non-hydrogen) atoms. The molecule has 0 spiro atoms. The molecule has 4 heteroatoms. The normalized spacial score (nSPS) is 13.1. The highest BCUT2D eigenvalue weighted by atomic mass is 19.1. The van der Waals surface area contributed by atoms with E-state index in [1.807, 2.05) is 13.1 Å². The van der Waals surface area contributed by atoms with Crippen molar-refractivity contribution in [1.29, 1.82) is 0 Å². The van der Waals surface area contributed by atoms with Gasteiger partial charge in [0.2, 0.25) is 0 Å². The molecular weight excluding hydrogens is 243 g/mol. The third kappa shape index (κ3) is 5.17. The van der Waals surface area contributed by atoms with E-state index >= 15 is 0 Å². The zero-order valence-corrected chi connectivity index (χ0v) is 12.3. The Morgan fingerprint density at radius 2 is 2.05 bits per heavy atom. The van der Waals surface area contributed by atoms with Gasteiger partial charge in [-0.05, 0) is 43.6 Å². The molecule has 0 aliphatic heterocycles. The summed E-state index contributed by atoms with van der Waals surface area (Å²) in [6.45, 7) is 5.88. The third-order valence-electron chi connectivity index (χ3n) is 3.37. The SMILES string of the molecule is COc1ccc(CN(C)CCC(N)C(C)C)cc1F. The van der Waals surface area contributed by atoms with Gasteiger partial charge in [-0.15, -0.1) is 0 Å². The van der Waals surface area contributed by atoms with Crippen LogP contribution in [0.5, 0.6) is 5.75 Å². The van der Waals surface area contributed by atoms with E-state index in [1.165, 1.54) is 13.2 Å². The molecule has 0 fully saturated rings. The number of rotatable bonds is 7. The van der Waals surface area contributed by atoms with Crippen LogP contribution in [0.3, 0.4) is 0 Å². The van der Waals surface area contributed by atoms with E-state index in [0.717, 1.165) is 18.5 Å². The van der Waals surface area contributed by atoms with Crippen LogP contribution in [0.2, 0.25) is 0 Å². The van der Waals surface area contributed by atoms with E-state index < -0.39 is 0 Å². The van der Waals surface area contributed by atoms with Crippen LogP contribution >= 0.6 is 0 Å². The fourth-order valence-electron chi connectivity index (χ4n) is 1.90. The molecular formula is C15H25FN2O. The maximum Gasteiger partial charge on any atom is 0.165 e. The number of hydrogen-bond donors (Lipinski definition) is 1. The number of nitrogens with two attached hydrogens (primary N) is 1. The molecule has 3 nitrogen and oxygen atoms in total. The second-order valence-electron chi connectivity index (χ2n) is 5.40. The maximum absolute atomic E-state index is 13.6. The van der Waals surface area contributed by atoms with Crippen LogP contribution in [-0.2, 0) is 6.54 Å². The topological polar surface area (TPSA) is 38.5 Å². The second-order valence-corrected chi connectivity index (χ2v) is 5.40. The van der Waals surface area contributed by atoms with E-state index in [2.05, 4.69) is 18.7 Å². The summed E-state index contributed by atoms with van der Waals surface area (Å²) in [4.78, 5) is 2.16. The van der Waals surface area contributed by atoms with Gasteiger partial charge in [-0.3, -0.25) is 0 Å². The van der Waals surface area contributed by atoms with Gasteiger partial charge in [-0.25, -0.2) is 4.39 Å². The Morgan fingerprint density at radius 3 is 2.58 bits per heavy atom. The van der Waals surface area contributed by atoms with Crippen LogP contribution in [0.1, 0.15) is 25.8 Å². The molecule has 108 valence electrons. The van der Waals surface area contributed by atoms with Crippen LogP contribution < -0.4 is 10.5 Å². The molecule has 0 saturated carbocycles. The number of nitrogens with zero attached hydrogens (tertiary/aromatic N) is 1. The van der Waals surface area contributed by atoms with Gasteiger partial charge in [0.05, 0.1) is 7.11 Å². The smallest absolute Gasteiger partial charge is 0.165 e. The Labute approximate surface area is 115 Å². The van der Waals surface area contributed by atoms with Gasteiger partial charge < -0.3 is 15.4 Å². The Kier molecular flexibility index (Phi) is 6.25. The van der Waals surface area contributed by atoms with Gasteiger partial charge in [0.1, 0.15) is 0 Å². The summed E-state index contributed by atoms with van der Waals surface area (Å²) < 4.78 is 18.5. The van der Waals surface area contributed by atoms with Crippen molar-refractivity contribution in [2.45, 2.75) is 32.9 Å². The molecule has 0 heterocycles. The predicted molar refractivity (Wildman–Crippen MR) is 76.7 cm³/mol. The number of methoxy groups -OCH3 is 1. The first kappa shape index (κ1) is 15.9. The first-order valence-electron chi connectivity index (χ1n) is 6.70. The van der Waals surface area contributed by atoms with Crippen LogP contribution in [0, 0.1) is 11.7 Å². The average Bonchev–Trinajstić information content (AvgIpc) is 2.36. The van der Waals surface area contributed by atoms with Crippen molar-refractivity contribution in [3.05, 3.63) is 29.6 Å². The van der Waals surface area contributed by atoms with Gasteiger partial charge in [0.15, 0.2) is 11.6 Å². The van der Waals surface area contributed by atoms with Crippen molar-refractivity contribution in [3.63, 3.8) is 0 Å². The minimum absolute atomic E-state index is 0.218. The monoisotopic (exact) mass is 268 g/mol. The largest absolute Gasteiger partial charge is 0.494 e. The van der Waals surface area contributed by atoms with Gasteiger partial charge in [0, 0.05) is 12.6 Å². The molecule has 1 aromatic carbocycles. The molecule has 0 bridgehead atoms. The van der Waals surface area contributed by atoms with Gasteiger partial charge >= 0.3 is 0 Å². The Balaban J connectivity index is 2.48. The Hall–Kier alpha value is -1.13. The standard InChI is InChI=1S/C15H25FN2O/c1-11(2)14(17)7-8-18(3)10-12-5-6-15(19-4)13(16)9-12/h5-6,9,11,14H,7-8,10,17H2,1-4H3. The van der Waals surface area contributed by atoms with Crippen molar-refractivity contribution in [1.82, 2.24) is 4.90 Å². The van der Waals surface area contributed by atoms with E-state index in [9.17, 15) is 4.39 Å². The summed E-state index contributed by atoms with van der Waals surface area (Å²) in [5.74, 6) is 0.465. The molecule has 0 saturated heterocycles. The van der Waals surface area contributed by atoms with Crippen molar-refractivity contribution >= 4 is 0 Å². The number of halogens is 1. The minimum atomic E-state index is -0.313. The van der Waals surface area contributed by atoms with E-state index in [0.29, 0.717) is 12.5 Å². The van der Waals surface area contributed by atoms with Crippen molar-refractivity contribution < 1.29 is 9.13 Å². The van der Waals surface area contributed by atoms with Crippen LogP contribution in [-0.4, -0.2) is 31.6 Å². The summed E-state index contributed by atoms with van der Waals surface area (Å²) in [5.41, 5.74) is 6.96.